The Labute approximate surface area is 122 Å². The Bertz CT molecular complexity index is 415. The zero-order chi connectivity index (χ0) is 13.8. The largest absolute Gasteiger partial charge is 0.371 e. The minimum atomic E-state index is 0.600. The Morgan fingerprint density at radius 3 is 2.79 bits per heavy atom. The van der Waals surface area contributed by atoms with E-state index in [0.717, 1.165) is 30.5 Å². The van der Waals surface area contributed by atoms with Gasteiger partial charge in [-0.15, -0.1) is 0 Å². The van der Waals surface area contributed by atoms with E-state index in [1.807, 2.05) is 6.07 Å². The summed E-state index contributed by atoms with van der Waals surface area (Å²) in [6, 6.07) is 6.83. The van der Waals surface area contributed by atoms with Gasteiger partial charge in [0.2, 0.25) is 0 Å². The van der Waals surface area contributed by atoms with E-state index in [-0.39, 0.29) is 0 Å². The topological polar surface area (TPSA) is 15.3 Å². The Balaban J connectivity index is 2.15. The monoisotopic (exact) mass is 280 g/mol. The summed E-state index contributed by atoms with van der Waals surface area (Å²) in [7, 11) is 2.19. The van der Waals surface area contributed by atoms with Gasteiger partial charge in [-0.2, -0.15) is 0 Å². The second-order valence-electron chi connectivity index (χ2n) is 5.60. The lowest BCUT2D eigenvalue weighted by Gasteiger charge is -2.29. The van der Waals surface area contributed by atoms with Gasteiger partial charge in [-0.1, -0.05) is 24.6 Å². The zero-order valence-corrected chi connectivity index (χ0v) is 13.0. The van der Waals surface area contributed by atoms with E-state index in [2.05, 4.69) is 43.2 Å². The number of hydrogen-bond donors (Lipinski definition) is 1. The number of hydrogen-bond acceptors (Lipinski definition) is 2. The first-order valence-corrected chi connectivity index (χ1v) is 7.73. The molecule has 1 aromatic carbocycles. The molecule has 1 aliphatic rings. The molecule has 0 aliphatic heterocycles. The van der Waals surface area contributed by atoms with Gasteiger partial charge in [0.15, 0.2) is 0 Å². The molecule has 0 amide bonds. The second kappa shape index (κ2) is 6.62. The minimum Gasteiger partial charge on any atom is -0.371 e. The third kappa shape index (κ3) is 3.64. The molecule has 1 aliphatic carbocycles. The van der Waals surface area contributed by atoms with Crippen molar-refractivity contribution in [1.29, 1.82) is 0 Å². The van der Waals surface area contributed by atoms with E-state index in [1.54, 1.807) is 0 Å². The van der Waals surface area contributed by atoms with Gasteiger partial charge in [0.05, 0.1) is 0 Å². The number of benzene rings is 1. The molecule has 1 N–H and O–H groups in total. The molecule has 3 heteroatoms. The van der Waals surface area contributed by atoms with E-state index < -0.39 is 0 Å². The fourth-order valence-corrected chi connectivity index (χ4v) is 2.79. The van der Waals surface area contributed by atoms with Crippen molar-refractivity contribution < 1.29 is 0 Å². The molecule has 0 heterocycles. The first-order chi connectivity index (χ1) is 9.15. The molecule has 1 unspecified atom stereocenters. The van der Waals surface area contributed by atoms with Crippen molar-refractivity contribution in [3.8, 4) is 0 Å². The Hall–Kier alpha value is -0.730. The Morgan fingerprint density at radius 1 is 1.42 bits per heavy atom. The standard InChI is InChI=1S/C16H25ClN2/c1-4-10-18-11-14-15(17)6-5-7-16(14)19(3)12(2)13-8-9-13/h5-7,12-13,18H,4,8-11H2,1-3H3. The van der Waals surface area contributed by atoms with Crippen LogP contribution in [0, 0.1) is 5.92 Å². The second-order valence-corrected chi connectivity index (χ2v) is 6.01. The molecular weight excluding hydrogens is 256 g/mol. The Morgan fingerprint density at radius 2 is 2.16 bits per heavy atom. The SMILES string of the molecule is CCCNCc1c(Cl)cccc1N(C)C(C)C1CC1. The molecule has 0 bridgehead atoms. The van der Waals surface area contributed by atoms with Crippen molar-refractivity contribution in [2.24, 2.45) is 5.92 Å². The number of nitrogens with zero attached hydrogens (tertiary/aromatic N) is 1. The highest BCUT2D eigenvalue weighted by molar-refractivity contribution is 6.31. The molecule has 0 aromatic heterocycles. The quantitative estimate of drug-likeness (QED) is 0.757. The third-order valence-electron chi connectivity index (χ3n) is 4.12. The van der Waals surface area contributed by atoms with Crippen molar-refractivity contribution >= 4 is 17.3 Å². The van der Waals surface area contributed by atoms with Gasteiger partial charge in [-0.25, -0.2) is 0 Å². The summed E-state index contributed by atoms with van der Waals surface area (Å²) < 4.78 is 0. The van der Waals surface area contributed by atoms with Crippen LogP contribution in [0.3, 0.4) is 0 Å². The highest BCUT2D eigenvalue weighted by Gasteiger charge is 2.31. The van der Waals surface area contributed by atoms with E-state index in [1.165, 1.54) is 24.1 Å². The summed E-state index contributed by atoms with van der Waals surface area (Å²) in [5.74, 6) is 0.862. The Kier molecular flexibility index (Phi) is 5.12. The summed E-state index contributed by atoms with van der Waals surface area (Å²) in [6.45, 7) is 6.39. The maximum atomic E-state index is 6.39. The molecule has 2 rings (SSSR count). The average molecular weight is 281 g/mol. The van der Waals surface area contributed by atoms with Gasteiger partial charge >= 0.3 is 0 Å². The molecule has 0 saturated heterocycles. The molecule has 1 saturated carbocycles. The number of halogens is 1. The summed E-state index contributed by atoms with van der Waals surface area (Å²) >= 11 is 6.39. The summed E-state index contributed by atoms with van der Waals surface area (Å²) in [5, 5.41) is 4.33. The maximum Gasteiger partial charge on any atom is 0.0471 e. The van der Waals surface area contributed by atoms with Crippen LogP contribution in [-0.4, -0.2) is 19.6 Å². The van der Waals surface area contributed by atoms with Gasteiger partial charge in [0.25, 0.3) is 0 Å². The fraction of sp³-hybridized carbons (Fsp3) is 0.625. The van der Waals surface area contributed by atoms with Crippen molar-refractivity contribution in [3.05, 3.63) is 28.8 Å². The van der Waals surface area contributed by atoms with Gasteiger partial charge in [-0.05, 0) is 50.8 Å². The zero-order valence-electron chi connectivity index (χ0n) is 12.2. The maximum absolute atomic E-state index is 6.39. The summed E-state index contributed by atoms with van der Waals surface area (Å²) in [5.41, 5.74) is 2.50. The molecule has 1 atom stereocenters. The van der Waals surface area contributed by atoms with Crippen LogP contribution in [0.5, 0.6) is 0 Å². The average Bonchev–Trinajstić information content (AvgIpc) is 3.23. The van der Waals surface area contributed by atoms with Gasteiger partial charge in [0, 0.05) is 35.9 Å². The van der Waals surface area contributed by atoms with Crippen LogP contribution in [0.2, 0.25) is 5.02 Å². The lowest BCUT2D eigenvalue weighted by atomic mass is 10.1. The minimum absolute atomic E-state index is 0.600. The molecule has 106 valence electrons. The summed E-state index contributed by atoms with van der Waals surface area (Å²) in [6.07, 6.45) is 3.89. The van der Waals surface area contributed by atoms with Crippen LogP contribution in [0.4, 0.5) is 5.69 Å². The normalized spacial score (nSPS) is 16.4. The van der Waals surface area contributed by atoms with Gasteiger partial charge in [-0.3, -0.25) is 0 Å². The van der Waals surface area contributed by atoms with Gasteiger partial charge in [0.1, 0.15) is 0 Å². The molecule has 1 fully saturated rings. The predicted molar refractivity (Wildman–Crippen MR) is 84.0 cm³/mol. The number of rotatable bonds is 7. The predicted octanol–water partition coefficient (Wildman–Crippen LogP) is 4.07. The van der Waals surface area contributed by atoms with Crippen LogP contribution in [0.25, 0.3) is 0 Å². The molecule has 1 aromatic rings. The van der Waals surface area contributed by atoms with Crippen LogP contribution in [0.1, 0.15) is 38.7 Å². The van der Waals surface area contributed by atoms with Gasteiger partial charge < -0.3 is 10.2 Å². The van der Waals surface area contributed by atoms with E-state index in [9.17, 15) is 0 Å². The van der Waals surface area contributed by atoms with Crippen LogP contribution < -0.4 is 10.2 Å². The smallest absolute Gasteiger partial charge is 0.0471 e. The van der Waals surface area contributed by atoms with E-state index >= 15 is 0 Å². The molecule has 0 spiro atoms. The summed E-state index contributed by atoms with van der Waals surface area (Å²) in [4.78, 5) is 2.40. The van der Waals surface area contributed by atoms with Crippen molar-refractivity contribution in [2.75, 3.05) is 18.5 Å². The van der Waals surface area contributed by atoms with E-state index in [4.69, 9.17) is 11.6 Å². The first kappa shape index (κ1) is 14.7. The van der Waals surface area contributed by atoms with E-state index in [0.29, 0.717) is 6.04 Å². The highest BCUT2D eigenvalue weighted by Crippen LogP contribution is 2.38. The lowest BCUT2D eigenvalue weighted by Crippen LogP contribution is -2.32. The fourth-order valence-electron chi connectivity index (χ4n) is 2.56. The van der Waals surface area contributed by atoms with Crippen molar-refractivity contribution in [2.45, 2.75) is 45.7 Å². The van der Waals surface area contributed by atoms with Crippen LogP contribution >= 0.6 is 11.6 Å². The van der Waals surface area contributed by atoms with Crippen LogP contribution in [-0.2, 0) is 6.54 Å². The highest BCUT2D eigenvalue weighted by atomic mass is 35.5. The number of nitrogens with one attached hydrogen (secondary N) is 1. The molecule has 19 heavy (non-hydrogen) atoms. The van der Waals surface area contributed by atoms with Crippen molar-refractivity contribution in [3.63, 3.8) is 0 Å². The molecule has 2 nitrogen and oxygen atoms in total. The molecular formula is C16H25ClN2. The van der Waals surface area contributed by atoms with Crippen molar-refractivity contribution in [1.82, 2.24) is 5.32 Å². The number of anilines is 1. The molecule has 0 radical (unpaired) electrons. The first-order valence-electron chi connectivity index (χ1n) is 7.36. The third-order valence-corrected chi connectivity index (χ3v) is 4.47. The lowest BCUT2D eigenvalue weighted by molar-refractivity contribution is 0.603. The van der Waals surface area contributed by atoms with Crippen LogP contribution in [0.15, 0.2) is 18.2 Å².